The SMILES string of the molecule is OC[C@H]1O[C@@H](c2ccc3nc(-c4nc5ccccc5s4)sc3c2)CC1O. The Kier molecular flexibility index (Phi) is 3.99. The third-order valence-electron chi connectivity index (χ3n) is 4.66. The van der Waals surface area contributed by atoms with Crippen LogP contribution in [-0.4, -0.2) is 39.0 Å². The maximum absolute atomic E-state index is 9.95. The van der Waals surface area contributed by atoms with Gasteiger partial charge in [-0.25, -0.2) is 9.97 Å². The largest absolute Gasteiger partial charge is 0.394 e. The summed E-state index contributed by atoms with van der Waals surface area (Å²) in [5.41, 5.74) is 2.94. The van der Waals surface area contributed by atoms with Crippen LogP contribution in [0.3, 0.4) is 0 Å². The highest BCUT2D eigenvalue weighted by atomic mass is 32.1. The molecule has 4 aromatic rings. The first kappa shape index (κ1) is 16.3. The van der Waals surface area contributed by atoms with Gasteiger partial charge in [-0.1, -0.05) is 18.2 Å². The molecule has 2 aromatic heterocycles. The number of benzene rings is 2. The minimum Gasteiger partial charge on any atom is -0.394 e. The van der Waals surface area contributed by atoms with E-state index in [1.165, 1.54) is 0 Å². The summed E-state index contributed by atoms with van der Waals surface area (Å²) in [6.45, 7) is -0.164. The van der Waals surface area contributed by atoms with Gasteiger partial charge in [0.1, 0.15) is 6.10 Å². The molecule has 7 heteroatoms. The molecule has 1 unspecified atom stereocenters. The predicted octanol–water partition coefficient (Wildman–Crippen LogP) is 3.76. The molecule has 3 heterocycles. The molecule has 5 rings (SSSR count). The molecule has 5 nitrogen and oxygen atoms in total. The van der Waals surface area contributed by atoms with E-state index in [9.17, 15) is 10.2 Å². The van der Waals surface area contributed by atoms with Crippen LogP contribution in [0.2, 0.25) is 0 Å². The minimum atomic E-state index is -0.625. The summed E-state index contributed by atoms with van der Waals surface area (Å²) in [5, 5.41) is 21.1. The Morgan fingerprint density at radius 3 is 2.46 bits per heavy atom. The number of ether oxygens (including phenoxy) is 1. The van der Waals surface area contributed by atoms with Crippen molar-refractivity contribution in [2.75, 3.05) is 6.61 Å². The zero-order valence-electron chi connectivity index (χ0n) is 13.7. The van der Waals surface area contributed by atoms with Crippen LogP contribution in [-0.2, 0) is 4.74 Å². The minimum absolute atomic E-state index is 0.164. The molecule has 132 valence electrons. The summed E-state index contributed by atoms with van der Waals surface area (Å²) in [6.07, 6.45) is -0.823. The van der Waals surface area contributed by atoms with E-state index < -0.39 is 12.2 Å². The molecule has 1 fully saturated rings. The van der Waals surface area contributed by atoms with Crippen LogP contribution in [0.15, 0.2) is 42.5 Å². The second kappa shape index (κ2) is 6.37. The smallest absolute Gasteiger partial charge is 0.153 e. The van der Waals surface area contributed by atoms with E-state index in [2.05, 4.69) is 17.1 Å². The van der Waals surface area contributed by atoms with Crippen LogP contribution < -0.4 is 0 Å². The molecule has 0 bridgehead atoms. The van der Waals surface area contributed by atoms with Crippen LogP contribution in [0.1, 0.15) is 18.1 Å². The first-order valence-electron chi connectivity index (χ1n) is 8.42. The number of para-hydroxylation sites is 1. The second-order valence-electron chi connectivity index (χ2n) is 6.38. The number of hydrogen-bond acceptors (Lipinski definition) is 7. The lowest BCUT2D eigenvalue weighted by Crippen LogP contribution is -2.24. The zero-order chi connectivity index (χ0) is 17.7. The van der Waals surface area contributed by atoms with Gasteiger partial charge < -0.3 is 14.9 Å². The van der Waals surface area contributed by atoms with E-state index in [0.29, 0.717) is 6.42 Å². The number of aliphatic hydroxyl groups excluding tert-OH is 2. The van der Waals surface area contributed by atoms with Crippen molar-refractivity contribution in [1.82, 2.24) is 9.97 Å². The van der Waals surface area contributed by atoms with Gasteiger partial charge in [-0.2, -0.15) is 0 Å². The Hall–Kier alpha value is -1.90. The highest BCUT2D eigenvalue weighted by Crippen LogP contribution is 2.38. The monoisotopic (exact) mass is 384 g/mol. The normalized spacial score (nSPS) is 23.2. The van der Waals surface area contributed by atoms with Crippen molar-refractivity contribution in [3.05, 3.63) is 48.0 Å². The van der Waals surface area contributed by atoms with Gasteiger partial charge in [0.2, 0.25) is 0 Å². The van der Waals surface area contributed by atoms with E-state index in [1.807, 2.05) is 30.3 Å². The third kappa shape index (κ3) is 2.72. The maximum Gasteiger partial charge on any atom is 0.153 e. The number of rotatable bonds is 3. The fourth-order valence-electron chi connectivity index (χ4n) is 3.30. The Balaban J connectivity index is 1.50. The molecule has 2 N–H and O–H groups in total. The van der Waals surface area contributed by atoms with Crippen molar-refractivity contribution in [3.8, 4) is 10.0 Å². The van der Waals surface area contributed by atoms with Crippen molar-refractivity contribution in [2.45, 2.75) is 24.7 Å². The lowest BCUT2D eigenvalue weighted by Gasteiger charge is -2.12. The van der Waals surface area contributed by atoms with Crippen molar-refractivity contribution >= 4 is 43.1 Å². The molecule has 3 atom stereocenters. The molecule has 1 saturated heterocycles. The maximum atomic E-state index is 9.95. The highest BCUT2D eigenvalue weighted by molar-refractivity contribution is 7.27. The van der Waals surface area contributed by atoms with Crippen molar-refractivity contribution in [1.29, 1.82) is 0 Å². The molecule has 0 aliphatic carbocycles. The van der Waals surface area contributed by atoms with Crippen LogP contribution in [0.4, 0.5) is 0 Å². The predicted molar refractivity (Wildman–Crippen MR) is 104 cm³/mol. The van der Waals surface area contributed by atoms with Gasteiger partial charge in [-0.15, -0.1) is 22.7 Å². The summed E-state index contributed by atoms with van der Waals surface area (Å²) in [7, 11) is 0. The summed E-state index contributed by atoms with van der Waals surface area (Å²) in [5.74, 6) is 0. The number of aliphatic hydroxyl groups is 2. The van der Waals surface area contributed by atoms with Crippen LogP contribution in [0.25, 0.3) is 30.4 Å². The van der Waals surface area contributed by atoms with Gasteiger partial charge >= 0.3 is 0 Å². The molecule has 1 aliphatic heterocycles. The second-order valence-corrected chi connectivity index (χ2v) is 8.44. The van der Waals surface area contributed by atoms with Gasteiger partial charge in [0.15, 0.2) is 10.0 Å². The van der Waals surface area contributed by atoms with E-state index >= 15 is 0 Å². The number of hydrogen-bond donors (Lipinski definition) is 2. The molecule has 2 aromatic carbocycles. The van der Waals surface area contributed by atoms with Gasteiger partial charge in [-0.3, -0.25) is 0 Å². The van der Waals surface area contributed by atoms with Gasteiger partial charge in [-0.05, 0) is 29.8 Å². The molecule has 0 radical (unpaired) electrons. The van der Waals surface area contributed by atoms with E-state index in [-0.39, 0.29) is 12.7 Å². The summed E-state index contributed by atoms with van der Waals surface area (Å²) < 4.78 is 7.99. The van der Waals surface area contributed by atoms with Gasteiger partial charge in [0.25, 0.3) is 0 Å². The average molecular weight is 384 g/mol. The van der Waals surface area contributed by atoms with Gasteiger partial charge in [0.05, 0.1) is 39.2 Å². The van der Waals surface area contributed by atoms with Crippen LogP contribution >= 0.6 is 22.7 Å². The Morgan fingerprint density at radius 1 is 1.00 bits per heavy atom. The van der Waals surface area contributed by atoms with E-state index in [4.69, 9.17) is 9.72 Å². The topological polar surface area (TPSA) is 75.5 Å². The lowest BCUT2D eigenvalue weighted by atomic mass is 10.0. The zero-order valence-corrected chi connectivity index (χ0v) is 15.3. The fourth-order valence-corrected chi connectivity index (χ4v) is 5.30. The summed E-state index contributed by atoms with van der Waals surface area (Å²) in [6, 6.07) is 14.1. The number of thiazole rings is 2. The van der Waals surface area contributed by atoms with Gasteiger partial charge in [0, 0.05) is 6.42 Å². The molecule has 1 aliphatic rings. The lowest BCUT2D eigenvalue weighted by molar-refractivity contribution is -0.0225. The van der Waals surface area contributed by atoms with Crippen LogP contribution in [0, 0.1) is 0 Å². The molecular formula is C19H16N2O3S2. The van der Waals surface area contributed by atoms with Crippen molar-refractivity contribution < 1.29 is 14.9 Å². The summed E-state index contributed by atoms with van der Waals surface area (Å²) >= 11 is 3.27. The third-order valence-corrected chi connectivity index (χ3v) is 6.86. The quantitative estimate of drug-likeness (QED) is 0.563. The first-order valence-corrected chi connectivity index (χ1v) is 10.1. The number of aromatic nitrogens is 2. The average Bonchev–Trinajstić information content (AvgIpc) is 3.36. The molecule has 0 amide bonds. The van der Waals surface area contributed by atoms with E-state index in [0.717, 1.165) is 36.0 Å². The fraction of sp³-hybridized carbons (Fsp3) is 0.263. The standard InChI is InChI=1S/C19H16N2O3S2/c22-9-15-13(23)8-14(24-15)10-5-6-12-17(7-10)26-19(21-12)18-20-11-3-1-2-4-16(11)25-18/h1-7,13-15,22-23H,8-9H2/t13?,14-,15-/m1/s1. The van der Waals surface area contributed by atoms with E-state index in [1.54, 1.807) is 22.7 Å². The first-order chi connectivity index (χ1) is 12.7. The van der Waals surface area contributed by atoms with Crippen molar-refractivity contribution in [3.63, 3.8) is 0 Å². The number of fused-ring (bicyclic) bond motifs is 2. The highest BCUT2D eigenvalue weighted by Gasteiger charge is 2.34. The molecular weight excluding hydrogens is 368 g/mol. The van der Waals surface area contributed by atoms with Crippen molar-refractivity contribution in [2.24, 2.45) is 0 Å². The Morgan fingerprint density at radius 2 is 1.73 bits per heavy atom. The molecule has 26 heavy (non-hydrogen) atoms. The molecule has 0 saturated carbocycles. The molecule has 0 spiro atoms. The Labute approximate surface area is 157 Å². The summed E-state index contributed by atoms with van der Waals surface area (Å²) in [4.78, 5) is 9.42. The Bertz CT molecular complexity index is 1060. The van der Waals surface area contributed by atoms with Crippen LogP contribution in [0.5, 0.6) is 0 Å². The number of nitrogens with zero attached hydrogens (tertiary/aromatic N) is 2.